The van der Waals surface area contributed by atoms with Gasteiger partial charge in [-0.3, -0.25) is 4.79 Å². The van der Waals surface area contributed by atoms with Gasteiger partial charge in [0.2, 0.25) is 5.91 Å². The second kappa shape index (κ2) is 9.86. The molecule has 3 aromatic carbocycles. The molecule has 1 aliphatic rings. The van der Waals surface area contributed by atoms with Crippen LogP contribution >= 0.6 is 0 Å². The molecule has 0 fully saturated rings. The largest absolute Gasteiger partial charge is 0.497 e. The molecule has 0 saturated carbocycles. The predicted octanol–water partition coefficient (Wildman–Crippen LogP) is 4.65. The number of carbonyl (C=O) groups excluding carboxylic acids is 1. The molecule has 0 aliphatic carbocycles. The highest BCUT2D eigenvalue weighted by Crippen LogP contribution is 2.38. The number of hydrogen-bond donors (Lipinski definition) is 0. The number of fused-ring (bicyclic) bond motifs is 1. The molecule has 0 atom stereocenters. The lowest BCUT2D eigenvalue weighted by molar-refractivity contribution is -0.131. The Balaban J connectivity index is 1.63. The van der Waals surface area contributed by atoms with Crippen molar-refractivity contribution in [2.75, 3.05) is 34.5 Å². The minimum absolute atomic E-state index is 0.00212. The fraction of sp³-hybridized carbons (Fsp3) is 0.296. The molecule has 0 aromatic heterocycles. The maximum absolute atomic E-state index is 13.3. The van der Waals surface area contributed by atoms with E-state index in [0.29, 0.717) is 42.7 Å². The van der Waals surface area contributed by atoms with Crippen molar-refractivity contribution in [2.45, 2.75) is 19.9 Å². The summed E-state index contributed by atoms with van der Waals surface area (Å²) in [7, 11) is 4.85. The van der Waals surface area contributed by atoms with E-state index in [9.17, 15) is 4.79 Å². The minimum Gasteiger partial charge on any atom is -0.497 e. The monoisotopic (exact) mass is 447 g/mol. The van der Waals surface area contributed by atoms with E-state index in [0.717, 1.165) is 22.3 Å². The van der Waals surface area contributed by atoms with Crippen molar-refractivity contribution in [3.8, 4) is 34.1 Å². The highest BCUT2D eigenvalue weighted by Gasteiger charge is 2.24. The first-order chi connectivity index (χ1) is 16.0. The van der Waals surface area contributed by atoms with Gasteiger partial charge in [0.05, 0.1) is 34.3 Å². The van der Waals surface area contributed by atoms with Crippen molar-refractivity contribution < 1.29 is 23.7 Å². The second-order valence-electron chi connectivity index (χ2n) is 8.05. The van der Waals surface area contributed by atoms with E-state index in [4.69, 9.17) is 18.9 Å². The maximum Gasteiger partial charge on any atom is 0.227 e. The van der Waals surface area contributed by atoms with Gasteiger partial charge in [-0.05, 0) is 48.4 Å². The molecule has 6 nitrogen and oxygen atoms in total. The zero-order chi connectivity index (χ0) is 23.4. The van der Waals surface area contributed by atoms with Gasteiger partial charge in [0.1, 0.15) is 18.1 Å². The van der Waals surface area contributed by atoms with E-state index >= 15 is 0 Å². The minimum atomic E-state index is -0.00212. The molecule has 0 bridgehead atoms. The number of aryl methyl sites for hydroxylation is 1. The van der Waals surface area contributed by atoms with Crippen molar-refractivity contribution in [2.24, 2.45) is 0 Å². The standard InChI is InChI=1S/C27H29NO5/c1-18-5-7-19(8-6-18)20-13-22-17-28(11-12-33-27(22)25(15-20)32-4)26(29)16-21-14-23(30-2)9-10-24(21)31-3/h5-10,13-15H,11-12,16-17H2,1-4H3. The zero-order valence-electron chi connectivity index (χ0n) is 19.5. The van der Waals surface area contributed by atoms with Gasteiger partial charge in [-0.2, -0.15) is 0 Å². The van der Waals surface area contributed by atoms with Crippen LogP contribution < -0.4 is 18.9 Å². The Kier molecular flexibility index (Phi) is 6.73. The van der Waals surface area contributed by atoms with E-state index in [1.807, 2.05) is 29.2 Å². The van der Waals surface area contributed by atoms with Gasteiger partial charge >= 0.3 is 0 Å². The molecule has 172 valence electrons. The molecule has 0 unspecified atom stereocenters. The van der Waals surface area contributed by atoms with Crippen LogP contribution in [0.3, 0.4) is 0 Å². The fourth-order valence-electron chi connectivity index (χ4n) is 4.06. The first-order valence-electron chi connectivity index (χ1n) is 10.9. The summed E-state index contributed by atoms with van der Waals surface area (Å²) < 4.78 is 22.4. The van der Waals surface area contributed by atoms with Crippen LogP contribution in [0.5, 0.6) is 23.0 Å². The lowest BCUT2D eigenvalue weighted by atomic mass is 10.00. The van der Waals surface area contributed by atoms with Crippen LogP contribution in [-0.4, -0.2) is 45.3 Å². The number of nitrogens with zero attached hydrogens (tertiary/aromatic N) is 1. The molecule has 0 N–H and O–H groups in total. The Morgan fingerprint density at radius 1 is 0.909 bits per heavy atom. The van der Waals surface area contributed by atoms with Crippen LogP contribution in [0, 0.1) is 6.92 Å². The Hall–Kier alpha value is -3.67. The Morgan fingerprint density at radius 3 is 2.36 bits per heavy atom. The van der Waals surface area contributed by atoms with Gasteiger partial charge in [-0.1, -0.05) is 29.8 Å². The van der Waals surface area contributed by atoms with Crippen LogP contribution in [0.25, 0.3) is 11.1 Å². The SMILES string of the molecule is COc1ccc(OC)c(CC(=O)N2CCOc3c(cc(-c4ccc(C)cc4)cc3OC)C2)c1. The molecule has 1 aliphatic heterocycles. The summed E-state index contributed by atoms with van der Waals surface area (Å²) in [5.74, 6) is 2.72. The third-order valence-electron chi connectivity index (χ3n) is 5.89. The molecule has 0 radical (unpaired) electrons. The average molecular weight is 448 g/mol. The smallest absolute Gasteiger partial charge is 0.227 e. The van der Waals surface area contributed by atoms with Crippen molar-refractivity contribution in [1.29, 1.82) is 0 Å². The lowest BCUT2D eigenvalue weighted by Crippen LogP contribution is -2.33. The number of rotatable bonds is 6. The molecular formula is C27H29NO5. The molecule has 0 spiro atoms. The summed E-state index contributed by atoms with van der Waals surface area (Å²) in [6.45, 7) is 3.39. The van der Waals surface area contributed by atoms with Gasteiger partial charge < -0.3 is 23.8 Å². The number of methoxy groups -OCH3 is 3. The fourth-order valence-corrected chi connectivity index (χ4v) is 4.06. The summed E-state index contributed by atoms with van der Waals surface area (Å²) in [5.41, 5.74) is 5.03. The third-order valence-corrected chi connectivity index (χ3v) is 5.89. The Morgan fingerprint density at radius 2 is 1.67 bits per heavy atom. The zero-order valence-corrected chi connectivity index (χ0v) is 19.5. The van der Waals surface area contributed by atoms with E-state index < -0.39 is 0 Å². The topological polar surface area (TPSA) is 57.2 Å². The molecule has 4 rings (SSSR count). The molecule has 1 heterocycles. The molecular weight excluding hydrogens is 418 g/mol. The van der Waals surface area contributed by atoms with Gasteiger partial charge in [0.25, 0.3) is 0 Å². The number of carbonyl (C=O) groups is 1. The molecule has 0 saturated heterocycles. The summed E-state index contributed by atoms with van der Waals surface area (Å²) in [6.07, 6.45) is 0.213. The van der Waals surface area contributed by atoms with Gasteiger partial charge in [-0.15, -0.1) is 0 Å². The molecule has 1 amide bonds. The highest BCUT2D eigenvalue weighted by molar-refractivity contribution is 5.80. The normalized spacial score (nSPS) is 12.9. The molecule has 33 heavy (non-hydrogen) atoms. The third kappa shape index (κ3) is 4.90. The van der Waals surface area contributed by atoms with Crippen LogP contribution in [-0.2, 0) is 17.8 Å². The van der Waals surface area contributed by atoms with Crippen LogP contribution in [0.15, 0.2) is 54.6 Å². The average Bonchev–Trinajstić information content (AvgIpc) is 3.06. The number of ether oxygens (including phenoxy) is 4. The van der Waals surface area contributed by atoms with Crippen LogP contribution in [0.4, 0.5) is 0 Å². The number of amides is 1. The summed E-state index contributed by atoms with van der Waals surface area (Å²) in [5, 5.41) is 0. The van der Waals surface area contributed by atoms with E-state index in [-0.39, 0.29) is 12.3 Å². The van der Waals surface area contributed by atoms with E-state index in [1.165, 1.54) is 5.56 Å². The second-order valence-corrected chi connectivity index (χ2v) is 8.05. The lowest BCUT2D eigenvalue weighted by Gasteiger charge is -2.21. The van der Waals surface area contributed by atoms with Crippen LogP contribution in [0.1, 0.15) is 16.7 Å². The first kappa shape index (κ1) is 22.5. The maximum atomic E-state index is 13.3. The van der Waals surface area contributed by atoms with E-state index in [1.54, 1.807) is 21.3 Å². The van der Waals surface area contributed by atoms with Gasteiger partial charge in [0.15, 0.2) is 11.5 Å². The molecule has 6 heteroatoms. The number of benzene rings is 3. The summed E-state index contributed by atoms with van der Waals surface area (Å²) in [4.78, 5) is 15.1. The van der Waals surface area contributed by atoms with E-state index in [2.05, 4.69) is 37.3 Å². The Bertz CT molecular complexity index is 1140. The van der Waals surface area contributed by atoms with Gasteiger partial charge in [0, 0.05) is 17.7 Å². The van der Waals surface area contributed by atoms with Crippen molar-refractivity contribution >= 4 is 5.91 Å². The van der Waals surface area contributed by atoms with Crippen molar-refractivity contribution in [3.63, 3.8) is 0 Å². The molecule has 3 aromatic rings. The van der Waals surface area contributed by atoms with Gasteiger partial charge in [-0.25, -0.2) is 0 Å². The van der Waals surface area contributed by atoms with Crippen molar-refractivity contribution in [1.82, 2.24) is 4.90 Å². The van der Waals surface area contributed by atoms with Crippen molar-refractivity contribution in [3.05, 3.63) is 71.3 Å². The quantitative estimate of drug-likeness (QED) is 0.551. The first-order valence-corrected chi connectivity index (χ1v) is 10.9. The number of hydrogen-bond acceptors (Lipinski definition) is 5. The van der Waals surface area contributed by atoms with Crippen LogP contribution in [0.2, 0.25) is 0 Å². The highest BCUT2D eigenvalue weighted by atomic mass is 16.5. The Labute approximate surface area is 194 Å². The summed E-state index contributed by atoms with van der Waals surface area (Å²) in [6, 6.07) is 17.9. The predicted molar refractivity (Wildman–Crippen MR) is 127 cm³/mol. The summed E-state index contributed by atoms with van der Waals surface area (Å²) >= 11 is 0.